The van der Waals surface area contributed by atoms with Gasteiger partial charge in [0.1, 0.15) is 0 Å². The van der Waals surface area contributed by atoms with E-state index in [1.807, 2.05) is 67.9 Å². The first-order valence-corrected chi connectivity index (χ1v) is 14.6. The first-order chi connectivity index (χ1) is 17.6. The summed E-state index contributed by atoms with van der Waals surface area (Å²) in [7, 11) is 1.44. The average Bonchev–Trinajstić information content (AvgIpc) is 2.92. The number of hydrogen-bond acceptors (Lipinski definition) is 5. The Kier molecular flexibility index (Phi) is 9.32. The molecule has 2 aromatic heterocycles. The SMILES string of the molecule is CSS.C[C@@H](Cl)c1cccc2ccc3cccnc3c12.FSc1cccc2ccc3cccnc3c12. The Balaban J connectivity index is 0.000000153. The molecule has 0 radical (unpaired) electrons. The van der Waals surface area contributed by atoms with Crippen LogP contribution in [0.15, 0.2) is 102 Å². The van der Waals surface area contributed by atoms with E-state index in [-0.39, 0.29) is 17.5 Å². The van der Waals surface area contributed by atoms with Crippen LogP contribution in [-0.2, 0) is 0 Å². The zero-order valence-corrected chi connectivity index (χ0v) is 23.0. The summed E-state index contributed by atoms with van der Waals surface area (Å²) in [5, 5.41) is 6.48. The number of aromatic nitrogens is 2. The van der Waals surface area contributed by atoms with Gasteiger partial charge in [0.2, 0.25) is 0 Å². The molecule has 182 valence electrons. The van der Waals surface area contributed by atoms with Gasteiger partial charge in [-0.2, -0.15) is 3.89 Å². The van der Waals surface area contributed by atoms with Crippen molar-refractivity contribution < 1.29 is 3.89 Å². The van der Waals surface area contributed by atoms with Crippen LogP contribution in [0.1, 0.15) is 17.9 Å². The monoisotopic (exact) mass is 550 g/mol. The maximum absolute atomic E-state index is 12.9. The smallest absolute Gasteiger partial charge is 0.0819 e. The molecule has 2 nitrogen and oxygen atoms in total. The third-order valence-electron chi connectivity index (χ3n) is 5.74. The molecular weight excluding hydrogens is 527 g/mol. The van der Waals surface area contributed by atoms with E-state index in [0.717, 1.165) is 38.1 Å². The number of halogens is 2. The van der Waals surface area contributed by atoms with Gasteiger partial charge in [-0.05, 0) is 47.7 Å². The standard InChI is InChI=1S/C15H12ClN.C13H8FNS.CH4S2/c1-10(16)13-6-2-4-11-7-8-12-5-3-9-17-15(12)14(11)13;14-16-11-5-1-3-9-6-7-10-4-2-8-15-13(10)12(9)11;1-3-2/h2-10H,1H3;1-8H;2H,1H3/t10-;;/m1../s1. The number of fused-ring (bicyclic) bond motifs is 6. The van der Waals surface area contributed by atoms with Gasteiger partial charge in [0.05, 0.1) is 33.5 Å². The Morgan fingerprint density at radius 2 is 1.19 bits per heavy atom. The minimum Gasteiger partial charge on any atom is -0.256 e. The van der Waals surface area contributed by atoms with Gasteiger partial charge in [0.15, 0.2) is 0 Å². The van der Waals surface area contributed by atoms with Crippen LogP contribution in [0, 0.1) is 0 Å². The molecule has 0 saturated carbocycles. The molecule has 36 heavy (non-hydrogen) atoms. The van der Waals surface area contributed by atoms with Crippen molar-refractivity contribution in [2.45, 2.75) is 17.2 Å². The Labute approximate surface area is 228 Å². The number of thiol groups is 1. The normalized spacial score (nSPS) is 11.6. The maximum atomic E-state index is 12.9. The predicted molar refractivity (Wildman–Crippen MR) is 162 cm³/mol. The molecule has 6 rings (SSSR count). The second kappa shape index (κ2) is 12.6. The molecule has 6 aromatic rings. The van der Waals surface area contributed by atoms with Crippen LogP contribution in [0.3, 0.4) is 0 Å². The molecule has 7 heteroatoms. The van der Waals surface area contributed by atoms with Crippen molar-refractivity contribution in [3.63, 3.8) is 0 Å². The molecule has 0 saturated heterocycles. The maximum Gasteiger partial charge on any atom is 0.0819 e. The van der Waals surface area contributed by atoms with Crippen molar-refractivity contribution in [1.82, 2.24) is 9.97 Å². The van der Waals surface area contributed by atoms with Crippen molar-refractivity contribution in [1.29, 1.82) is 0 Å². The third kappa shape index (κ3) is 5.73. The lowest BCUT2D eigenvalue weighted by molar-refractivity contribution is 0.936. The highest BCUT2D eigenvalue weighted by Crippen LogP contribution is 2.34. The second-order valence-electron chi connectivity index (χ2n) is 7.96. The van der Waals surface area contributed by atoms with E-state index in [1.165, 1.54) is 21.6 Å². The minimum atomic E-state index is -0.00805. The second-order valence-corrected chi connectivity index (χ2v) is 10.7. The lowest BCUT2D eigenvalue weighted by Gasteiger charge is -2.10. The Morgan fingerprint density at radius 3 is 1.75 bits per heavy atom. The van der Waals surface area contributed by atoms with Gasteiger partial charge in [-0.1, -0.05) is 66.7 Å². The minimum absolute atomic E-state index is 0.00805. The molecule has 0 aliphatic carbocycles. The largest absolute Gasteiger partial charge is 0.256 e. The zero-order chi connectivity index (χ0) is 25.5. The molecule has 0 unspecified atom stereocenters. The predicted octanol–water partition coefficient (Wildman–Crippen LogP) is 10.2. The van der Waals surface area contributed by atoms with E-state index >= 15 is 0 Å². The number of rotatable bonds is 2. The van der Waals surface area contributed by atoms with Gasteiger partial charge in [-0.3, -0.25) is 9.97 Å². The van der Waals surface area contributed by atoms with Gasteiger partial charge in [0, 0.05) is 33.9 Å². The van der Waals surface area contributed by atoms with Gasteiger partial charge in [0.25, 0.3) is 0 Å². The number of benzene rings is 4. The molecule has 0 N–H and O–H groups in total. The third-order valence-corrected chi connectivity index (χ3v) is 6.48. The number of alkyl halides is 1. The summed E-state index contributed by atoms with van der Waals surface area (Å²) in [4.78, 5) is 9.46. The molecule has 0 aliphatic heterocycles. The van der Waals surface area contributed by atoms with Crippen molar-refractivity contribution in [2.75, 3.05) is 6.26 Å². The van der Waals surface area contributed by atoms with E-state index in [2.05, 4.69) is 52.0 Å². The lowest BCUT2D eigenvalue weighted by atomic mass is 9.99. The molecule has 0 amide bonds. The fraction of sp³-hybridized carbons (Fsp3) is 0.103. The fourth-order valence-electron chi connectivity index (χ4n) is 4.22. The van der Waals surface area contributed by atoms with Gasteiger partial charge in [-0.25, -0.2) is 0 Å². The summed E-state index contributed by atoms with van der Waals surface area (Å²) in [5.41, 5.74) is 3.04. The summed E-state index contributed by atoms with van der Waals surface area (Å²) in [6, 6.07) is 28.0. The Morgan fingerprint density at radius 1 is 0.722 bits per heavy atom. The van der Waals surface area contributed by atoms with E-state index in [0.29, 0.717) is 4.90 Å². The quantitative estimate of drug-likeness (QED) is 0.100. The van der Waals surface area contributed by atoms with Crippen LogP contribution < -0.4 is 0 Å². The topological polar surface area (TPSA) is 25.8 Å². The summed E-state index contributed by atoms with van der Waals surface area (Å²) in [6.45, 7) is 2.00. The van der Waals surface area contributed by atoms with Gasteiger partial charge >= 0.3 is 0 Å². The summed E-state index contributed by atoms with van der Waals surface area (Å²) >= 11 is 10.2. The van der Waals surface area contributed by atoms with Crippen molar-refractivity contribution in [3.8, 4) is 0 Å². The Bertz CT molecular complexity index is 1630. The van der Waals surface area contributed by atoms with Crippen molar-refractivity contribution in [3.05, 3.63) is 103 Å². The van der Waals surface area contributed by atoms with Crippen LogP contribution in [0.25, 0.3) is 43.4 Å². The van der Waals surface area contributed by atoms with Crippen molar-refractivity contribution in [2.24, 2.45) is 0 Å². The molecule has 4 aromatic carbocycles. The number of hydrogen-bond donors (Lipinski definition) is 1. The van der Waals surface area contributed by atoms with Gasteiger partial charge < -0.3 is 0 Å². The fourth-order valence-corrected chi connectivity index (χ4v) is 4.82. The van der Waals surface area contributed by atoms with Crippen LogP contribution in [0.4, 0.5) is 3.89 Å². The molecule has 1 atom stereocenters. The van der Waals surface area contributed by atoms with E-state index in [9.17, 15) is 3.89 Å². The lowest BCUT2D eigenvalue weighted by Crippen LogP contribution is -1.89. The molecule has 0 fully saturated rings. The first kappa shape index (κ1) is 26.6. The molecule has 0 bridgehead atoms. The van der Waals surface area contributed by atoms with Crippen LogP contribution in [0.5, 0.6) is 0 Å². The molecular formula is C29H24ClFN2S3. The van der Waals surface area contributed by atoms with Crippen molar-refractivity contribution >= 4 is 89.6 Å². The van der Waals surface area contributed by atoms with E-state index in [1.54, 1.807) is 12.3 Å². The first-order valence-electron chi connectivity index (χ1n) is 11.2. The van der Waals surface area contributed by atoms with E-state index < -0.39 is 0 Å². The summed E-state index contributed by atoms with van der Waals surface area (Å²) < 4.78 is 12.9. The number of pyridine rings is 2. The molecule has 2 heterocycles. The number of nitrogens with zero attached hydrogens (tertiary/aromatic N) is 2. The van der Waals surface area contributed by atoms with Gasteiger partial charge in [-0.15, -0.1) is 34.1 Å². The zero-order valence-electron chi connectivity index (χ0n) is 19.7. The van der Waals surface area contributed by atoms with Crippen LogP contribution in [-0.4, -0.2) is 16.2 Å². The average molecular weight is 551 g/mol. The molecule has 0 aliphatic rings. The summed E-state index contributed by atoms with van der Waals surface area (Å²) in [5.74, 6) is 0. The van der Waals surface area contributed by atoms with Crippen LogP contribution in [0.2, 0.25) is 0 Å². The Hall–Kier alpha value is -2.51. The highest BCUT2D eigenvalue weighted by atomic mass is 35.5. The highest BCUT2D eigenvalue weighted by Gasteiger charge is 2.10. The highest BCUT2D eigenvalue weighted by molar-refractivity contribution is 8.68. The van der Waals surface area contributed by atoms with E-state index in [4.69, 9.17) is 11.6 Å². The van der Waals surface area contributed by atoms with Crippen LogP contribution >= 0.6 is 46.2 Å². The molecule has 0 spiro atoms. The summed E-state index contributed by atoms with van der Waals surface area (Å²) in [6.07, 6.45) is 5.47.